The first-order chi connectivity index (χ1) is 6.24. The van der Waals surface area contributed by atoms with Crippen LogP contribution in [0, 0.1) is 0 Å². The lowest BCUT2D eigenvalue weighted by atomic mass is 9.66. The van der Waals surface area contributed by atoms with Crippen LogP contribution >= 0.6 is 0 Å². The summed E-state index contributed by atoms with van der Waals surface area (Å²) < 4.78 is 5.13. The fourth-order valence-electron chi connectivity index (χ4n) is 1.99. The average molecular weight is 176 g/mol. The highest BCUT2D eigenvalue weighted by Gasteiger charge is 2.33. The van der Waals surface area contributed by atoms with Crippen LogP contribution in [0.25, 0.3) is 0 Å². The third-order valence-corrected chi connectivity index (χ3v) is 3.24. The second-order valence-electron chi connectivity index (χ2n) is 4.14. The van der Waals surface area contributed by atoms with Crippen molar-refractivity contribution in [3.05, 3.63) is 29.8 Å². The Hall–Kier alpha value is -0.980. The molecule has 1 nitrogen and oxygen atoms in total. The van der Waals surface area contributed by atoms with Crippen LogP contribution < -0.4 is 4.74 Å². The molecule has 0 saturated heterocycles. The monoisotopic (exact) mass is 176 g/mol. The summed E-state index contributed by atoms with van der Waals surface area (Å²) in [4.78, 5) is 0. The number of methoxy groups -OCH3 is 1. The van der Waals surface area contributed by atoms with Gasteiger partial charge in [-0.15, -0.1) is 0 Å². The van der Waals surface area contributed by atoms with Crippen LogP contribution in [0.3, 0.4) is 0 Å². The Balaban J connectivity index is 2.22. The summed E-state index contributed by atoms with van der Waals surface area (Å²) in [6, 6.07) is 8.49. The number of hydrogen-bond acceptors (Lipinski definition) is 1. The summed E-state index contributed by atoms with van der Waals surface area (Å²) >= 11 is 0. The van der Waals surface area contributed by atoms with E-state index in [0.717, 1.165) is 5.75 Å². The summed E-state index contributed by atoms with van der Waals surface area (Å²) in [6.45, 7) is 2.35. The van der Waals surface area contributed by atoms with E-state index in [2.05, 4.69) is 31.2 Å². The van der Waals surface area contributed by atoms with Crippen LogP contribution in [0.2, 0.25) is 0 Å². The Labute approximate surface area is 79.7 Å². The molecule has 0 heterocycles. The maximum absolute atomic E-state index is 5.13. The quantitative estimate of drug-likeness (QED) is 0.672. The zero-order valence-electron chi connectivity index (χ0n) is 8.34. The van der Waals surface area contributed by atoms with Crippen molar-refractivity contribution in [2.45, 2.75) is 31.6 Å². The highest BCUT2D eigenvalue weighted by Crippen LogP contribution is 2.43. The van der Waals surface area contributed by atoms with Gasteiger partial charge in [-0.1, -0.05) is 25.5 Å². The number of rotatable bonds is 2. The summed E-state index contributed by atoms with van der Waals surface area (Å²) in [5.41, 5.74) is 1.91. The second-order valence-corrected chi connectivity index (χ2v) is 4.14. The molecular weight excluding hydrogens is 160 g/mol. The zero-order valence-corrected chi connectivity index (χ0v) is 8.34. The lowest BCUT2D eigenvalue weighted by Gasteiger charge is -2.39. The predicted octanol–water partition coefficient (Wildman–Crippen LogP) is 3.14. The molecule has 0 bridgehead atoms. The van der Waals surface area contributed by atoms with Crippen LogP contribution in [0.4, 0.5) is 0 Å². The van der Waals surface area contributed by atoms with E-state index in [1.165, 1.54) is 24.8 Å². The molecule has 0 amide bonds. The topological polar surface area (TPSA) is 9.23 Å². The Bertz CT molecular complexity index is 282. The van der Waals surface area contributed by atoms with Gasteiger partial charge in [-0.3, -0.25) is 0 Å². The molecule has 0 aromatic heterocycles. The largest absolute Gasteiger partial charge is 0.497 e. The van der Waals surface area contributed by atoms with E-state index in [1.807, 2.05) is 0 Å². The van der Waals surface area contributed by atoms with E-state index in [4.69, 9.17) is 4.74 Å². The summed E-state index contributed by atoms with van der Waals surface area (Å²) in [5.74, 6) is 0.951. The van der Waals surface area contributed by atoms with Crippen LogP contribution in [0.15, 0.2) is 24.3 Å². The Morgan fingerprint density at radius 3 is 2.15 bits per heavy atom. The Morgan fingerprint density at radius 1 is 1.15 bits per heavy atom. The molecule has 0 atom stereocenters. The summed E-state index contributed by atoms with van der Waals surface area (Å²) in [6.07, 6.45) is 4.04. The SMILES string of the molecule is COc1ccc(C2(C)CCC2)cc1. The van der Waals surface area contributed by atoms with Crippen LogP contribution in [0.5, 0.6) is 5.75 Å². The van der Waals surface area contributed by atoms with Crippen LogP contribution in [0.1, 0.15) is 31.7 Å². The average Bonchev–Trinajstić information content (AvgIpc) is 2.14. The molecule has 1 fully saturated rings. The van der Waals surface area contributed by atoms with Gasteiger partial charge in [0.25, 0.3) is 0 Å². The zero-order chi connectivity index (χ0) is 9.31. The highest BCUT2D eigenvalue weighted by atomic mass is 16.5. The smallest absolute Gasteiger partial charge is 0.118 e. The van der Waals surface area contributed by atoms with Gasteiger partial charge in [0, 0.05) is 0 Å². The molecule has 1 aromatic rings. The maximum atomic E-state index is 5.13. The van der Waals surface area contributed by atoms with Crippen molar-refractivity contribution in [2.75, 3.05) is 7.11 Å². The molecular formula is C12H16O. The van der Waals surface area contributed by atoms with Crippen molar-refractivity contribution in [3.8, 4) is 5.75 Å². The van der Waals surface area contributed by atoms with Crippen molar-refractivity contribution < 1.29 is 4.74 Å². The summed E-state index contributed by atoms with van der Waals surface area (Å²) in [7, 11) is 1.71. The minimum Gasteiger partial charge on any atom is -0.497 e. The Kier molecular flexibility index (Phi) is 2.03. The molecule has 0 spiro atoms. The van der Waals surface area contributed by atoms with E-state index in [0.29, 0.717) is 5.41 Å². The molecule has 0 N–H and O–H groups in total. The van der Waals surface area contributed by atoms with Crippen molar-refractivity contribution in [3.63, 3.8) is 0 Å². The van der Waals surface area contributed by atoms with Crippen molar-refractivity contribution in [1.82, 2.24) is 0 Å². The van der Waals surface area contributed by atoms with Gasteiger partial charge in [0.1, 0.15) is 5.75 Å². The standard InChI is InChI=1S/C12H16O/c1-12(8-3-9-12)10-4-6-11(13-2)7-5-10/h4-7H,3,8-9H2,1-2H3. The fraction of sp³-hybridized carbons (Fsp3) is 0.500. The van der Waals surface area contributed by atoms with Crippen molar-refractivity contribution >= 4 is 0 Å². The third kappa shape index (κ3) is 1.43. The molecule has 0 aliphatic heterocycles. The third-order valence-electron chi connectivity index (χ3n) is 3.24. The molecule has 1 saturated carbocycles. The lowest BCUT2D eigenvalue weighted by molar-refractivity contribution is 0.272. The second kappa shape index (κ2) is 3.06. The maximum Gasteiger partial charge on any atom is 0.118 e. The first-order valence-corrected chi connectivity index (χ1v) is 4.89. The first-order valence-electron chi connectivity index (χ1n) is 4.89. The molecule has 13 heavy (non-hydrogen) atoms. The van der Waals surface area contributed by atoms with Gasteiger partial charge in [0.2, 0.25) is 0 Å². The minimum atomic E-state index is 0.451. The molecule has 70 valence electrons. The van der Waals surface area contributed by atoms with Gasteiger partial charge in [-0.25, -0.2) is 0 Å². The normalized spacial score (nSPS) is 19.2. The number of benzene rings is 1. The molecule has 1 heteroatoms. The van der Waals surface area contributed by atoms with Gasteiger partial charge in [-0.2, -0.15) is 0 Å². The molecule has 1 aliphatic rings. The molecule has 0 radical (unpaired) electrons. The molecule has 1 aliphatic carbocycles. The first kappa shape index (κ1) is 8.61. The van der Waals surface area contributed by atoms with E-state index in [-0.39, 0.29) is 0 Å². The minimum absolute atomic E-state index is 0.451. The van der Waals surface area contributed by atoms with Gasteiger partial charge >= 0.3 is 0 Å². The van der Waals surface area contributed by atoms with Gasteiger partial charge in [0.05, 0.1) is 7.11 Å². The molecule has 1 aromatic carbocycles. The fourth-order valence-corrected chi connectivity index (χ4v) is 1.99. The van der Waals surface area contributed by atoms with Gasteiger partial charge in [0.15, 0.2) is 0 Å². The lowest BCUT2D eigenvalue weighted by Crippen LogP contribution is -2.30. The number of hydrogen-bond donors (Lipinski definition) is 0. The predicted molar refractivity (Wildman–Crippen MR) is 54.2 cm³/mol. The van der Waals surface area contributed by atoms with E-state index >= 15 is 0 Å². The molecule has 2 rings (SSSR count). The highest BCUT2D eigenvalue weighted by molar-refractivity contribution is 5.33. The van der Waals surface area contributed by atoms with Crippen LogP contribution in [-0.4, -0.2) is 7.11 Å². The van der Waals surface area contributed by atoms with Gasteiger partial charge < -0.3 is 4.74 Å². The van der Waals surface area contributed by atoms with Crippen molar-refractivity contribution in [1.29, 1.82) is 0 Å². The molecule has 0 unspecified atom stereocenters. The number of ether oxygens (including phenoxy) is 1. The van der Waals surface area contributed by atoms with E-state index in [9.17, 15) is 0 Å². The van der Waals surface area contributed by atoms with Gasteiger partial charge in [-0.05, 0) is 36.0 Å². The van der Waals surface area contributed by atoms with E-state index < -0.39 is 0 Å². The Morgan fingerprint density at radius 2 is 1.77 bits per heavy atom. The van der Waals surface area contributed by atoms with Crippen molar-refractivity contribution in [2.24, 2.45) is 0 Å². The van der Waals surface area contributed by atoms with E-state index in [1.54, 1.807) is 7.11 Å². The van der Waals surface area contributed by atoms with Crippen LogP contribution in [-0.2, 0) is 5.41 Å². The summed E-state index contributed by atoms with van der Waals surface area (Å²) in [5, 5.41) is 0.